The van der Waals surface area contributed by atoms with Crippen molar-refractivity contribution in [1.29, 1.82) is 5.26 Å². The number of piperidine rings is 2. The van der Waals surface area contributed by atoms with Crippen LogP contribution in [0, 0.1) is 18.3 Å². The molecule has 0 spiro atoms. The zero-order valence-corrected chi connectivity index (χ0v) is 11.3. The molecule has 0 radical (unpaired) electrons. The highest BCUT2D eigenvalue weighted by Gasteiger charge is 2.42. The lowest BCUT2D eigenvalue weighted by Crippen LogP contribution is -2.54. The van der Waals surface area contributed by atoms with E-state index in [0.29, 0.717) is 17.6 Å². The van der Waals surface area contributed by atoms with Crippen LogP contribution in [0.15, 0.2) is 18.2 Å². The Morgan fingerprint density at radius 1 is 1.32 bits per heavy atom. The maximum atomic E-state index is 11.1. The number of aliphatic hydroxyl groups is 1. The minimum atomic E-state index is -0.834. The fourth-order valence-electron chi connectivity index (χ4n) is 3.71. The van der Waals surface area contributed by atoms with Crippen LogP contribution in [0.2, 0.25) is 0 Å². The van der Waals surface area contributed by atoms with E-state index in [2.05, 4.69) is 11.4 Å². The van der Waals surface area contributed by atoms with Crippen LogP contribution in [0.25, 0.3) is 0 Å². The molecule has 0 saturated carbocycles. The van der Waals surface area contributed by atoms with E-state index in [-0.39, 0.29) is 0 Å². The Hall–Kier alpha value is -1.37. The molecular weight excluding hydrogens is 236 g/mol. The number of rotatable bonds is 1. The first-order chi connectivity index (χ1) is 9.10. The molecule has 1 aromatic carbocycles. The standard InChI is InChI=1S/C16H20N2O/c1-11-5-6-15(12(7-11)10-17)16(19)8-13-3-2-4-14(9-16)18-13/h5-7,13-14,18-19H,2-4,8-9H2,1H3. The molecule has 2 aliphatic rings. The normalized spacial score (nSPS) is 33.7. The smallest absolute Gasteiger partial charge is 0.0995 e. The van der Waals surface area contributed by atoms with E-state index in [4.69, 9.17) is 0 Å². The fraction of sp³-hybridized carbons (Fsp3) is 0.562. The van der Waals surface area contributed by atoms with E-state index in [1.165, 1.54) is 6.42 Å². The van der Waals surface area contributed by atoms with Gasteiger partial charge in [-0.25, -0.2) is 0 Å². The maximum absolute atomic E-state index is 11.1. The molecule has 3 nitrogen and oxygen atoms in total. The summed E-state index contributed by atoms with van der Waals surface area (Å²) in [5.41, 5.74) is 1.68. The van der Waals surface area contributed by atoms with Crippen LogP contribution in [0.5, 0.6) is 0 Å². The number of nitrogens with zero attached hydrogens (tertiary/aromatic N) is 1. The summed E-state index contributed by atoms with van der Waals surface area (Å²) in [6.07, 6.45) is 4.96. The van der Waals surface area contributed by atoms with Crippen molar-refractivity contribution in [2.75, 3.05) is 0 Å². The minimum absolute atomic E-state index is 0.394. The third-order valence-electron chi connectivity index (χ3n) is 4.54. The molecule has 2 N–H and O–H groups in total. The van der Waals surface area contributed by atoms with Crippen molar-refractivity contribution >= 4 is 0 Å². The predicted molar refractivity (Wildman–Crippen MR) is 73.6 cm³/mol. The number of hydrogen-bond donors (Lipinski definition) is 2. The van der Waals surface area contributed by atoms with E-state index in [1.807, 2.05) is 25.1 Å². The number of nitriles is 1. The van der Waals surface area contributed by atoms with Gasteiger partial charge in [0.25, 0.3) is 0 Å². The summed E-state index contributed by atoms with van der Waals surface area (Å²) in [6.45, 7) is 1.98. The predicted octanol–water partition coefficient (Wildman–Crippen LogP) is 2.36. The first-order valence-electron chi connectivity index (χ1n) is 7.10. The van der Waals surface area contributed by atoms with Gasteiger partial charge in [0.1, 0.15) is 0 Å². The first kappa shape index (κ1) is 12.7. The SMILES string of the molecule is Cc1ccc(C2(O)CC3CCCC(C2)N3)c(C#N)c1. The molecule has 2 saturated heterocycles. The lowest BCUT2D eigenvalue weighted by atomic mass is 9.73. The summed E-state index contributed by atoms with van der Waals surface area (Å²) < 4.78 is 0. The molecule has 2 aliphatic heterocycles. The van der Waals surface area contributed by atoms with Gasteiger partial charge in [-0.05, 0) is 44.2 Å². The highest BCUT2D eigenvalue weighted by Crippen LogP contribution is 2.40. The Bertz CT molecular complexity index is 520. The van der Waals surface area contributed by atoms with Gasteiger partial charge in [0.15, 0.2) is 0 Å². The van der Waals surface area contributed by atoms with Gasteiger partial charge in [-0.15, -0.1) is 0 Å². The average molecular weight is 256 g/mol. The highest BCUT2D eigenvalue weighted by atomic mass is 16.3. The third-order valence-corrected chi connectivity index (χ3v) is 4.54. The van der Waals surface area contributed by atoms with Crippen LogP contribution in [-0.2, 0) is 5.60 Å². The molecule has 1 aromatic rings. The van der Waals surface area contributed by atoms with E-state index in [9.17, 15) is 10.4 Å². The average Bonchev–Trinajstić information content (AvgIpc) is 2.37. The van der Waals surface area contributed by atoms with Gasteiger partial charge >= 0.3 is 0 Å². The molecule has 19 heavy (non-hydrogen) atoms. The van der Waals surface area contributed by atoms with Crippen molar-refractivity contribution in [2.45, 2.75) is 56.7 Å². The summed E-state index contributed by atoms with van der Waals surface area (Å²) in [7, 11) is 0. The van der Waals surface area contributed by atoms with Crippen molar-refractivity contribution in [3.63, 3.8) is 0 Å². The Morgan fingerprint density at radius 3 is 2.63 bits per heavy atom. The van der Waals surface area contributed by atoms with Crippen LogP contribution in [0.4, 0.5) is 0 Å². The van der Waals surface area contributed by atoms with Crippen LogP contribution in [0.3, 0.4) is 0 Å². The van der Waals surface area contributed by atoms with E-state index in [0.717, 1.165) is 36.8 Å². The van der Waals surface area contributed by atoms with Crippen molar-refractivity contribution in [2.24, 2.45) is 0 Å². The molecule has 0 aromatic heterocycles. The Morgan fingerprint density at radius 2 is 2.00 bits per heavy atom. The van der Waals surface area contributed by atoms with Crippen LogP contribution >= 0.6 is 0 Å². The first-order valence-corrected chi connectivity index (χ1v) is 7.10. The largest absolute Gasteiger partial charge is 0.385 e. The third kappa shape index (κ3) is 2.27. The van der Waals surface area contributed by atoms with Crippen LogP contribution < -0.4 is 5.32 Å². The fourth-order valence-corrected chi connectivity index (χ4v) is 3.71. The van der Waals surface area contributed by atoms with E-state index in [1.54, 1.807) is 0 Å². The van der Waals surface area contributed by atoms with E-state index < -0.39 is 5.60 Å². The number of fused-ring (bicyclic) bond motifs is 2. The lowest BCUT2D eigenvalue weighted by Gasteiger charge is -2.45. The number of nitrogens with one attached hydrogen (secondary N) is 1. The molecule has 100 valence electrons. The van der Waals surface area contributed by atoms with Crippen molar-refractivity contribution in [1.82, 2.24) is 5.32 Å². The summed E-state index contributed by atoms with van der Waals surface area (Å²) in [4.78, 5) is 0. The Labute approximate surface area is 114 Å². The Balaban J connectivity index is 1.99. The molecule has 3 rings (SSSR count). The Kier molecular flexibility index (Phi) is 3.08. The van der Waals surface area contributed by atoms with Gasteiger partial charge in [-0.3, -0.25) is 0 Å². The van der Waals surface area contributed by atoms with Crippen molar-refractivity contribution in [3.8, 4) is 6.07 Å². The van der Waals surface area contributed by atoms with Gasteiger partial charge in [-0.1, -0.05) is 18.6 Å². The summed E-state index contributed by atoms with van der Waals surface area (Å²) >= 11 is 0. The molecule has 2 atom stereocenters. The lowest BCUT2D eigenvalue weighted by molar-refractivity contribution is -0.0360. The van der Waals surface area contributed by atoms with Gasteiger partial charge in [0.05, 0.1) is 17.2 Å². The highest BCUT2D eigenvalue weighted by molar-refractivity contribution is 5.44. The molecular formula is C16H20N2O. The second kappa shape index (κ2) is 4.63. The zero-order chi connectivity index (χ0) is 13.5. The summed E-state index contributed by atoms with van der Waals surface area (Å²) in [5.74, 6) is 0. The van der Waals surface area contributed by atoms with Crippen molar-refractivity contribution in [3.05, 3.63) is 34.9 Å². The van der Waals surface area contributed by atoms with Crippen molar-refractivity contribution < 1.29 is 5.11 Å². The second-order valence-corrected chi connectivity index (χ2v) is 6.09. The van der Waals surface area contributed by atoms with Gasteiger partial charge in [0, 0.05) is 17.6 Å². The second-order valence-electron chi connectivity index (χ2n) is 6.09. The number of hydrogen-bond acceptors (Lipinski definition) is 3. The molecule has 2 unspecified atom stereocenters. The van der Waals surface area contributed by atoms with Crippen LogP contribution in [-0.4, -0.2) is 17.2 Å². The molecule has 2 fully saturated rings. The maximum Gasteiger partial charge on any atom is 0.0995 e. The summed E-state index contributed by atoms with van der Waals surface area (Å²) in [5, 5.41) is 24.0. The minimum Gasteiger partial charge on any atom is -0.385 e. The summed E-state index contributed by atoms with van der Waals surface area (Å²) in [6, 6.07) is 8.84. The van der Waals surface area contributed by atoms with Crippen LogP contribution in [0.1, 0.15) is 48.8 Å². The van der Waals surface area contributed by atoms with E-state index >= 15 is 0 Å². The number of benzene rings is 1. The monoisotopic (exact) mass is 256 g/mol. The zero-order valence-electron chi connectivity index (χ0n) is 11.3. The topological polar surface area (TPSA) is 56.0 Å². The molecule has 0 amide bonds. The van der Waals surface area contributed by atoms with Gasteiger partial charge < -0.3 is 10.4 Å². The molecule has 0 aliphatic carbocycles. The molecule has 3 heteroatoms. The van der Waals surface area contributed by atoms with Gasteiger partial charge in [-0.2, -0.15) is 5.26 Å². The quantitative estimate of drug-likeness (QED) is 0.811. The molecule has 2 heterocycles. The number of aryl methyl sites for hydroxylation is 1. The molecule has 2 bridgehead atoms. The van der Waals surface area contributed by atoms with Gasteiger partial charge in [0.2, 0.25) is 0 Å².